The molecule has 0 amide bonds. The van der Waals surface area contributed by atoms with Gasteiger partial charge in [0.25, 0.3) is 0 Å². The average Bonchev–Trinajstić information content (AvgIpc) is 2.50. The fourth-order valence-corrected chi connectivity index (χ4v) is 2.25. The Morgan fingerprint density at radius 3 is 2.50 bits per heavy atom. The molecule has 1 aromatic heterocycles. The van der Waals surface area contributed by atoms with Crippen LogP contribution in [0.25, 0.3) is 0 Å². The van der Waals surface area contributed by atoms with Gasteiger partial charge in [-0.05, 0) is 13.8 Å². The predicted molar refractivity (Wildman–Crippen MR) is 65.6 cm³/mol. The van der Waals surface area contributed by atoms with Crippen LogP contribution < -0.4 is 5.32 Å². The molecule has 1 N–H and O–H groups in total. The highest BCUT2D eigenvalue weighted by atomic mass is 35.5. The van der Waals surface area contributed by atoms with Crippen LogP contribution in [0.3, 0.4) is 0 Å². The first-order valence-electron chi connectivity index (χ1n) is 5.47. The van der Waals surface area contributed by atoms with Gasteiger partial charge in [0, 0.05) is 38.8 Å². The maximum Gasteiger partial charge on any atom is 0.0738 e. The van der Waals surface area contributed by atoms with Crippen LogP contribution in [0.15, 0.2) is 6.20 Å². The van der Waals surface area contributed by atoms with Crippen molar-refractivity contribution in [1.82, 2.24) is 25.2 Å². The smallest absolute Gasteiger partial charge is 0.0738 e. The minimum absolute atomic E-state index is 0. The highest BCUT2D eigenvalue weighted by molar-refractivity contribution is 5.85. The van der Waals surface area contributed by atoms with Crippen LogP contribution in [0.5, 0.6) is 0 Å². The molecule has 0 radical (unpaired) electrons. The molecule has 0 aromatic carbocycles. The SMILES string of the molecule is CC1CN(Cc2cnnn2C)CC(C)N1.Cl. The van der Waals surface area contributed by atoms with Crippen molar-refractivity contribution >= 4 is 12.4 Å². The van der Waals surface area contributed by atoms with Crippen LogP contribution in [-0.2, 0) is 13.6 Å². The first-order chi connectivity index (χ1) is 7.15. The molecule has 2 unspecified atom stereocenters. The third-order valence-electron chi connectivity index (χ3n) is 2.83. The normalized spacial score (nSPS) is 26.4. The lowest BCUT2D eigenvalue weighted by Gasteiger charge is -2.35. The van der Waals surface area contributed by atoms with E-state index < -0.39 is 0 Å². The molecule has 0 spiro atoms. The molecule has 0 bridgehead atoms. The summed E-state index contributed by atoms with van der Waals surface area (Å²) in [6, 6.07) is 1.13. The van der Waals surface area contributed by atoms with Gasteiger partial charge in [0.1, 0.15) is 0 Å². The van der Waals surface area contributed by atoms with Crippen molar-refractivity contribution < 1.29 is 0 Å². The van der Waals surface area contributed by atoms with Gasteiger partial charge in [-0.15, -0.1) is 17.5 Å². The molecule has 6 heteroatoms. The van der Waals surface area contributed by atoms with Crippen molar-refractivity contribution in [1.29, 1.82) is 0 Å². The van der Waals surface area contributed by atoms with Crippen molar-refractivity contribution in [3.05, 3.63) is 11.9 Å². The monoisotopic (exact) mass is 245 g/mol. The first kappa shape index (κ1) is 13.4. The number of piperazine rings is 1. The zero-order chi connectivity index (χ0) is 10.8. The second-order valence-corrected chi connectivity index (χ2v) is 4.51. The van der Waals surface area contributed by atoms with E-state index in [0.29, 0.717) is 12.1 Å². The number of aromatic nitrogens is 3. The molecule has 1 saturated heterocycles. The lowest BCUT2D eigenvalue weighted by atomic mass is 10.1. The summed E-state index contributed by atoms with van der Waals surface area (Å²) in [4.78, 5) is 2.45. The van der Waals surface area contributed by atoms with E-state index in [1.807, 2.05) is 17.9 Å². The Balaban J connectivity index is 0.00000128. The maximum atomic E-state index is 3.94. The van der Waals surface area contributed by atoms with Gasteiger partial charge < -0.3 is 5.32 Å². The Hall–Kier alpha value is -0.650. The predicted octanol–water partition coefficient (Wildman–Crippen LogP) is 0.419. The van der Waals surface area contributed by atoms with Crippen molar-refractivity contribution in [3.63, 3.8) is 0 Å². The van der Waals surface area contributed by atoms with Gasteiger partial charge in [-0.1, -0.05) is 5.21 Å². The van der Waals surface area contributed by atoms with Crippen LogP contribution in [-0.4, -0.2) is 45.1 Å². The molecule has 2 heterocycles. The van der Waals surface area contributed by atoms with E-state index in [1.54, 1.807) is 0 Å². The Bertz CT molecular complexity index is 317. The van der Waals surface area contributed by atoms with Gasteiger partial charge in [-0.2, -0.15) is 0 Å². The van der Waals surface area contributed by atoms with Crippen molar-refractivity contribution in [3.8, 4) is 0 Å². The fourth-order valence-electron chi connectivity index (χ4n) is 2.25. The Morgan fingerprint density at radius 2 is 2.00 bits per heavy atom. The molecular formula is C10H20ClN5. The van der Waals surface area contributed by atoms with E-state index in [4.69, 9.17) is 0 Å². The van der Waals surface area contributed by atoms with E-state index in [9.17, 15) is 0 Å². The summed E-state index contributed by atoms with van der Waals surface area (Å²) in [5.41, 5.74) is 1.18. The van der Waals surface area contributed by atoms with Crippen LogP contribution in [0.1, 0.15) is 19.5 Å². The molecule has 92 valence electrons. The van der Waals surface area contributed by atoms with Crippen LogP contribution >= 0.6 is 12.4 Å². The van der Waals surface area contributed by atoms with Gasteiger partial charge in [-0.3, -0.25) is 9.58 Å². The van der Waals surface area contributed by atoms with Crippen LogP contribution in [0.2, 0.25) is 0 Å². The Labute approximate surface area is 103 Å². The molecule has 2 atom stereocenters. The van der Waals surface area contributed by atoms with E-state index in [0.717, 1.165) is 19.6 Å². The van der Waals surface area contributed by atoms with Gasteiger partial charge >= 0.3 is 0 Å². The largest absolute Gasteiger partial charge is 0.309 e. The second kappa shape index (κ2) is 5.61. The lowest BCUT2D eigenvalue weighted by molar-refractivity contribution is 0.163. The van der Waals surface area contributed by atoms with E-state index in [-0.39, 0.29) is 12.4 Å². The Kier molecular flexibility index (Phi) is 4.70. The summed E-state index contributed by atoms with van der Waals surface area (Å²) in [7, 11) is 1.94. The third-order valence-corrected chi connectivity index (χ3v) is 2.83. The topological polar surface area (TPSA) is 46.0 Å². The molecule has 1 fully saturated rings. The summed E-state index contributed by atoms with van der Waals surface area (Å²) in [6.07, 6.45) is 1.84. The maximum absolute atomic E-state index is 3.94. The molecule has 0 aliphatic carbocycles. The number of halogens is 1. The molecule has 5 nitrogen and oxygen atoms in total. The number of hydrogen-bond acceptors (Lipinski definition) is 4. The van der Waals surface area contributed by atoms with E-state index in [2.05, 4.69) is 34.4 Å². The number of nitrogens with zero attached hydrogens (tertiary/aromatic N) is 4. The zero-order valence-electron chi connectivity index (χ0n) is 10.1. The highest BCUT2D eigenvalue weighted by Gasteiger charge is 2.21. The fraction of sp³-hybridized carbons (Fsp3) is 0.800. The number of hydrogen-bond donors (Lipinski definition) is 1. The summed E-state index contributed by atoms with van der Waals surface area (Å²) in [5, 5.41) is 11.4. The number of nitrogens with one attached hydrogen (secondary N) is 1. The van der Waals surface area contributed by atoms with Crippen LogP contribution in [0.4, 0.5) is 0 Å². The molecule has 0 saturated carbocycles. The standard InChI is InChI=1S/C10H19N5.ClH/c1-8-5-15(6-9(2)12-8)7-10-4-11-13-14(10)3;/h4,8-9,12H,5-7H2,1-3H3;1H. The first-order valence-corrected chi connectivity index (χ1v) is 5.47. The van der Waals surface area contributed by atoms with Crippen LogP contribution in [0, 0.1) is 0 Å². The summed E-state index contributed by atoms with van der Waals surface area (Å²) in [6.45, 7) is 7.58. The highest BCUT2D eigenvalue weighted by Crippen LogP contribution is 2.08. The lowest BCUT2D eigenvalue weighted by Crippen LogP contribution is -2.53. The summed E-state index contributed by atoms with van der Waals surface area (Å²) >= 11 is 0. The molecule has 2 rings (SSSR count). The molecule has 1 aromatic rings. The average molecular weight is 246 g/mol. The van der Waals surface area contributed by atoms with Gasteiger partial charge in [0.15, 0.2) is 0 Å². The molecular weight excluding hydrogens is 226 g/mol. The van der Waals surface area contributed by atoms with Gasteiger partial charge in [0.2, 0.25) is 0 Å². The quantitative estimate of drug-likeness (QED) is 0.821. The van der Waals surface area contributed by atoms with Gasteiger partial charge in [0.05, 0.1) is 11.9 Å². The van der Waals surface area contributed by atoms with Crippen molar-refractivity contribution in [2.75, 3.05) is 13.1 Å². The van der Waals surface area contributed by atoms with E-state index >= 15 is 0 Å². The van der Waals surface area contributed by atoms with E-state index in [1.165, 1.54) is 5.69 Å². The minimum atomic E-state index is 0. The minimum Gasteiger partial charge on any atom is -0.309 e. The summed E-state index contributed by atoms with van der Waals surface area (Å²) < 4.78 is 1.84. The molecule has 16 heavy (non-hydrogen) atoms. The van der Waals surface area contributed by atoms with Crippen molar-refractivity contribution in [2.24, 2.45) is 7.05 Å². The van der Waals surface area contributed by atoms with Crippen molar-refractivity contribution in [2.45, 2.75) is 32.5 Å². The second-order valence-electron chi connectivity index (χ2n) is 4.51. The molecule has 1 aliphatic rings. The zero-order valence-corrected chi connectivity index (χ0v) is 10.9. The third kappa shape index (κ3) is 3.17. The summed E-state index contributed by atoms with van der Waals surface area (Å²) in [5.74, 6) is 0. The number of rotatable bonds is 2. The number of aryl methyl sites for hydroxylation is 1. The Morgan fingerprint density at radius 1 is 1.38 bits per heavy atom. The van der Waals surface area contributed by atoms with Gasteiger partial charge in [-0.25, -0.2) is 0 Å². The molecule has 1 aliphatic heterocycles.